The van der Waals surface area contributed by atoms with Crippen LogP contribution in [0.25, 0.3) is 0 Å². The SMILES string of the molecule is COc1cc(C(C)N2CCCC2)ccc1C1(N2CCC[C@H]2C(=O)N(C)C)C(=O)N(S(=O)(=O)c2ccc(Cl)cc2)c2ccc(Cl)cc21. The highest BCUT2D eigenvalue weighted by atomic mass is 35.5. The first kappa shape index (κ1) is 32.8. The molecule has 6 rings (SSSR count). The number of fused-ring (bicyclic) bond motifs is 1. The van der Waals surface area contributed by atoms with E-state index in [1.165, 1.54) is 29.2 Å². The lowest BCUT2D eigenvalue weighted by Gasteiger charge is -2.42. The molecule has 0 aromatic heterocycles. The number of nitrogens with zero attached hydrogens (tertiary/aromatic N) is 4. The number of hydrogen-bond acceptors (Lipinski definition) is 7. The molecular weight excluding hydrogens is 647 g/mol. The summed E-state index contributed by atoms with van der Waals surface area (Å²) in [5, 5.41) is 0.693. The zero-order valence-electron chi connectivity index (χ0n) is 26.4. The molecule has 3 aliphatic rings. The van der Waals surface area contributed by atoms with Gasteiger partial charge in [-0.05, 0) is 99.8 Å². The highest BCUT2D eigenvalue weighted by Crippen LogP contribution is 2.55. The van der Waals surface area contributed by atoms with E-state index >= 15 is 4.79 Å². The predicted octanol–water partition coefficient (Wildman–Crippen LogP) is 5.69. The lowest BCUT2D eigenvalue weighted by Crippen LogP contribution is -2.59. The number of amides is 2. The zero-order chi connectivity index (χ0) is 33.0. The Kier molecular flexibility index (Phi) is 8.88. The Morgan fingerprint density at radius 3 is 2.26 bits per heavy atom. The summed E-state index contributed by atoms with van der Waals surface area (Å²) >= 11 is 12.7. The number of likely N-dealkylation sites (tertiary alicyclic amines) is 2. The molecule has 12 heteroatoms. The molecule has 3 aromatic carbocycles. The van der Waals surface area contributed by atoms with Crippen LogP contribution in [0.5, 0.6) is 5.75 Å². The van der Waals surface area contributed by atoms with Crippen molar-refractivity contribution >= 4 is 50.7 Å². The number of ether oxygens (including phenoxy) is 1. The summed E-state index contributed by atoms with van der Waals surface area (Å²) < 4.78 is 35.7. The van der Waals surface area contributed by atoms with Crippen molar-refractivity contribution in [3.05, 3.63) is 87.4 Å². The molecule has 0 bridgehead atoms. The van der Waals surface area contributed by atoms with Crippen LogP contribution in [0, 0.1) is 0 Å². The number of benzene rings is 3. The molecule has 46 heavy (non-hydrogen) atoms. The van der Waals surface area contributed by atoms with E-state index < -0.39 is 27.5 Å². The molecule has 9 nitrogen and oxygen atoms in total. The minimum Gasteiger partial charge on any atom is -0.496 e. The van der Waals surface area contributed by atoms with Crippen molar-refractivity contribution < 1.29 is 22.7 Å². The maximum Gasteiger partial charge on any atom is 0.271 e. The quantitative estimate of drug-likeness (QED) is 0.301. The first-order valence-electron chi connectivity index (χ1n) is 15.5. The fraction of sp³-hybridized carbons (Fsp3) is 0.412. The fourth-order valence-corrected chi connectivity index (χ4v) is 9.08. The number of likely N-dealkylation sites (N-methyl/N-ethyl adjacent to an activating group) is 1. The lowest BCUT2D eigenvalue weighted by molar-refractivity contribution is -0.138. The van der Waals surface area contributed by atoms with Crippen molar-refractivity contribution in [3.8, 4) is 5.75 Å². The van der Waals surface area contributed by atoms with Gasteiger partial charge in [-0.15, -0.1) is 0 Å². The van der Waals surface area contributed by atoms with Gasteiger partial charge in [-0.25, -0.2) is 12.7 Å². The molecule has 0 N–H and O–H groups in total. The van der Waals surface area contributed by atoms with Crippen molar-refractivity contribution in [1.82, 2.24) is 14.7 Å². The second kappa shape index (κ2) is 12.5. The topological polar surface area (TPSA) is 90.5 Å². The normalized spacial score (nSPS) is 22.7. The third-order valence-electron chi connectivity index (χ3n) is 9.61. The smallest absolute Gasteiger partial charge is 0.271 e. The first-order valence-corrected chi connectivity index (χ1v) is 17.7. The highest BCUT2D eigenvalue weighted by Gasteiger charge is 2.63. The average molecular weight is 686 g/mol. The van der Waals surface area contributed by atoms with Crippen LogP contribution in [0.15, 0.2) is 65.6 Å². The van der Waals surface area contributed by atoms with E-state index in [0.717, 1.165) is 35.8 Å². The van der Waals surface area contributed by atoms with E-state index in [-0.39, 0.29) is 22.5 Å². The monoisotopic (exact) mass is 684 g/mol. The Labute approximate surface area is 280 Å². The standard InChI is InChI=1S/C34H38Cl2N4O5S/c1-22(38-17-5-6-18-38)23-9-15-27(31(20-23)45-4)34(39-19-7-8-30(39)32(41)37(2)3)28-21-25(36)12-16-29(28)40(33(34)42)46(43,44)26-13-10-24(35)11-14-26/h9-16,20-22,30H,5-8,17-19H2,1-4H3/t22?,30-,34?/m0/s1. The van der Waals surface area contributed by atoms with Gasteiger partial charge in [-0.3, -0.25) is 19.4 Å². The van der Waals surface area contributed by atoms with Crippen LogP contribution in [-0.4, -0.2) is 81.8 Å². The van der Waals surface area contributed by atoms with Crippen LogP contribution >= 0.6 is 23.2 Å². The molecule has 2 unspecified atom stereocenters. The summed E-state index contributed by atoms with van der Waals surface area (Å²) in [6.45, 7) is 4.52. The molecule has 2 saturated heterocycles. The summed E-state index contributed by atoms with van der Waals surface area (Å²) in [4.78, 5) is 34.7. The largest absolute Gasteiger partial charge is 0.496 e. The number of methoxy groups -OCH3 is 1. The summed E-state index contributed by atoms with van der Waals surface area (Å²) in [6, 6.07) is 15.7. The van der Waals surface area contributed by atoms with Gasteiger partial charge in [0.25, 0.3) is 15.9 Å². The Bertz CT molecular complexity index is 1780. The molecule has 3 aromatic rings. The Morgan fingerprint density at radius 2 is 1.61 bits per heavy atom. The second-order valence-corrected chi connectivity index (χ2v) is 15.0. The van der Waals surface area contributed by atoms with Gasteiger partial charge >= 0.3 is 0 Å². The molecule has 0 aliphatic carbocycles. The average Bonchev–Trinajstić information content (AvgIpc) is 3.79. The van der Waals surface area contributed by atoms with Gasteiger partial charge in [0.15, 0.2) is 5.54 Å². The predicted molar refractivity (Wildman–Crippen MR) is 179 cm³/mol. The Balaban J connectivity index is 1.62. The molecular formula is C34H38Cl2N4O5S. The minimum absolute atomic E-state index is 0.0916. The third kappa shape index (κ3) is 5.19. The minimum atomic E-state index is -4.43. The van der Waals surface area contributed by atoms with Crippen molar-refractivity contribution in [3.63, 3.8) is 0 Å². The molecule has 2 fully saturated rings. The Hall–Kier alpha value is -3.15. The van der Waals surface area contributed by atoms with E-state index in [2.05, 4.69) is 11.8 Å². The summed E-state index contributed by atoms with van der Waals surface area (Å²) in [5.41, 5.74) is 0.270. The zero-order valence-corrected chi connectivity index (χ0v) is 28.7. The van der Waals surface area contributed by atoms with E-state index in [9.17, 15) is 13.2 Å². The molecule has 3 heterocycles. The number of hydrogen-bond donors (Lipinski definition) is 0. The second-order valence-electron chi connectivity index (χ2n) is 12.4. The van der Waals surface area contributed by atoms with Crippen LogP contribution < -0.4 is 9.04 Å². The van der Waals surface area contributed by atoms with Gasteiger partial charge in [0.05, 0.1) is 23.7 Å². The lowest BCUT2D eigenvalue weighted by atomic mass is 9.80. The van der Waals surface area contributed by atoms with E-state index in [0.29, 0.717) is 46.3 Å². The summed E-state index contributed by atoms with van der Waals surface area (Å²) in [7, 11) is 0.472. The van der Waals surface area contributed by atoms with Crippen LogP contribution in [-0.2, 0) is 25.2 Å². The third-order valence-corrected chi connectivity index (χ3v) is 11.8. The maximum atomic E-state index is 15.4. The van der Waals surface area contributed by atoms with Crippen molar-refractivity contribution in [2.24, 2.45) is 0 Å². The number of carbonyl (C=O) groups excluding carboxylic acids is 2. The van der Waals surface area contributed by atoms with Gasteiger partial charge in [-0.1, -0.05) is 35.3 Å². The van der Waals surface area contributed by atoms with Gasteiger partial charge in [-0.2, -0.15) is 0 Å². The molecule has 0 radical (unpaired) electrons. The molecule has 3 atom stereocenters. The van der Waals surface area contributed by atoms with E-state index in [4.69, 9.17) is 27.9 Å². The van der Waals surface area contributed by atoms with Gasteiger partial charge < -0.3 is 9.64 Å². The van der Waals surface area contributed by atoms with Gasteiger partial charge in [0.1, 0.15) is 5.75 Å². The van der Waals surface area contributed by atoms with E-state index in [1.807, 2.05) is 23.1 Å². The van der Waals surface area contributed by atoms with Crippen LogP contribution in [0.2, 0.25) is 10.0 Å². The number of halogens is 2. The maximum absolute atomic E-state index is 15.4. The molecule has 2 amide bonds. The van der Waals surface area contributed by atoms with Crippen LogP contribution in [0.1, 0.15) is 55.3 Å². The summed E-state index contributed by atoms with van der Waals surface area (Å²) in [5.74, 6) is -0.473. The molecule has 0 spiro atoms. The van der Waals surface area contributed by atoms with Gasteiger partial charge in [0, 0.05) is 47.9 Å². The number of carbonyl (C=O) groups is 2. The van der Waals surface area contributed by atoms with Crippen molar-refractivity contribution in [1.29, 1.82) is 0 Å². The van der Waals surface area contributed by atoms with Crippen molar-refractivity contribution in [2.75, 3.05) is 45.1 Å². The number of anilines is 1. The Morgan fingerprint density at radius 1 is 0.935 bits per heavy atom. The van der Waals surface area contributed by atoms with Crippen LogP contribution in [0.3, 0.4) is 0 Å². The molecule has 3 aliphatic heterocycles. The molecule has 244 valence electrons. The van der Waals surface area contributed by atoms with Crippen LogP contribution in [0.4, 0.5) is 5.69 Å². The van der Waals surface area contributed by atoms with E-state index in [1.54, 1.807) is 39.4 Å². The number of sulfonamides is 1. The molecule has 0 saturated carbocycles. The fourth-order valence-electron chi connectivity index (χ4n) is 7.32. The van der Waals surface area contributed by atoms with Gasteiger partial charge in [0.2, 0.25) is 5.91 Å². The van der Waals surface area contributed by atoms with Crippen molar-refractivity contribution in [2.45, 2.75) is 55.1 Å². The summed E-state index contributed by atoms with van der Waals surface area (Å²) in [6.07, 6.45) is 3.41. The first-order chi connectivity index (χ1) is 21.9. The number of rotatable bonds is 8. The highest BCUT2D eigenvalue weighted by molar-refractivity contribution is 7.93.